The molecule has 0 spiro atoms. The van der Waals surface area contributed by atoms with E-state index in [0.29, 0.717) is 23.7 Å². The summed E-state index contributed by atoms with van der Waals surface area (Å²) in [4.78, 5) is 25.7. The van der Waals surface area contributed by atoms with Crippen molar-refractivity contribution < 1.29 is 22.7 Å². The summed E-state index contributed by atoms with van der Waals surface area (Å²) < 4.78 is 28.3. The quantitative estimate of drug-likeness (QED) is 0.706. The van der Waals surface area contributed by atoms with Gasteiger partial charge in [-0.15, -0.1) is 0 Å². The molecule has 0 bridgehead atoms. The summed E-state index contributed by atoms with van der Waals surface area (Å²) >= 11 is 5.79. The van der Waals surface area contributed by atoms with E-state index in [0.717, 1.165) is 0 Å². The highest BCUT2D eigenvalue weighted by Gasteiger charge is 2.29. The van der Waals surface area contributed by atoms with Gasteiger partial charge in [-0.25, -0.2) is 8.42 Å². The van der Waals surface area contributed by atoms with Crippen molar-refractivity contribution in [2.75, 3.05) is 31.2 Å². The molecule has 1 fully saturated rings. The lowest BCUT2D eigenvalue weighted by Crippen LogP contribution is -2.44. The van der Waals surface area contributed by atoms with Gasteiger partial charge in [0.25, 0.3) is 0 Å². The highest BCUT2D eigenvalue weighted by Crippen LogP contribution is 2.15. The molecule has 26 heavy (non-hydrogen) atoms. The summed E-state index contributed by atoms with van der Waals surface area (Å²) in [5, 5.41) is 3.29. The number of carbonyl (C=O) groups is 2. The van der Waals surface area contributed by atoms with Gasteiger partial charge in [0.05, 0.1) is 31.1 Å². The van der Waals surface area contributed by atoms with E-state index in [9.17, 15) is 18.0 Å². The molecule has 1 aliphatic heterocycles. The number of rotatable bonds is 8. The Morgan fingerprint density at radius 1 is 1.31 bits per heavy atom. The van der Waals surface area contributed by atoms with Gasteiger partial charge in [-0.05, 0) is 37.6 Å². The summed E-state index contributed by atoms with van der Waals surface area (Å²) in [7, 11) is -3.05. The Balaban J connectivity index is 1.75. The van der Waals surface area contributed by atoms with Crippen molar-refractivity contribution in [2.45, 2.75) is 25.8 Å². The van der Waals surface area contributed by atoms with Crippen LogP contribution in [0.3, 0.4) is 0 Å². The van der Waals surface area contributed by atoms with Gasteiger partial charge < -0.3 is 15.0 Å². The lowest BCUT2D eigenvalue weighted by atomic mass is 10.2. The maximum atomic E-state index is 12.2. The van der Waals surface area contributed by atoms with Crippen molar-refractivity contribution in [1.29, 1.82) is 0 Å². The second-order valence-electron chi connectivity index (χ2n) is 6.13. The minimum absolute atomic E-state index is 0.0340. The summed E-state index contributed by atoms with van der Waals surface area (Å²) in [5.74, 6) is 0.131. The Morgan fingerprint density at radius 3 is 2.58 bits per heavy atom. The molecule has 0 aliphatic carbocycles. The summed E-state index contributed by atoms with van der Waals surface area (Å²) in [6.07, 6.45) is 0.560. The van der Waals surface area contributed by atoms with E-state index in [2.05, 4.69) is 5.32 Å². The Bertz CT molecular complexity index is 736. The molecule has 1 N–H and O–H groups in total. The highest BCUT2D eigenvalue weighted by molar-refractivity contribution is 7.91. The fraction of sp³-hybridized carbons (Fsp3) is 0.529. The van der Waals surface area contributed by atoms with Crippen LogP contribution in [0.25, 0.3) is 0 Å². The maximum absolute atomic E-state index is 12.2. The minimum atomic E-state index is -3.05. The van der Waals surface area contributed by atoms with Gasteiger partial charge >= 0.3 is 0 Å². The van der Waals surface area contributed by atoms with Gasteiger partial charge in [0.2, 0.25) is 11.8 Å². The number of hydrogen-bond acceptors (Lipinski definition) is 5. The zero-order valence-electron chi connectivity index (χ0n) is 14.6. The molecule has 1 aromatic carbocycles. The van der Waals surface area contributed by atoms with E-state index in [-0.39, 0.29) is 48.9 Å². The second kappa shape index (κ2) is 9.23. The number of halogens is 1. The molecule has 144 valence electrons. The summed E-state index contributed by atoms with van der Waals surface area (Å²) in [6.45, 7) is 2.27. The molecule has 1 aromatic rings. The van der Waals surface area contributed by atoms with Crippen LogP contribution in [0.4, 0.5) is 0 Å². The number of nitrogens with one attached hydrogen (secondary N) is 1. The minimum Gasteiger partial charge on any atom is -0.493 e. The van der Waals surface area contributed by atoms with Gasteiger partial charge in [-0.3, -0.25) is 9.59 Å². The van der Waals surface area contributed by atoms with Crippen molar-refractivity contribution >= 4 is 33.3 Å². The molecule has 0 unspecified atom stereocenters. The number of hydrogen-bond donors (Lipinski definition) is 1. The number of amides is 2. The number of carbonyl (C=O) groups excluding carboxylic acids is 2. The molecule has 1 atom stereocenters. The van der Waals surface area contributed by atoms with Crippen molar-refractivity contribution in [3.8, 4) is 5.75 Å². The molecular weight excluding hydrogens is 380 g/mol. The third-order valence-electron chi connectivity index (χ3n) is 4.06. The number of nitrogens with zero attached hydrogens (tertiary/aromatic N) is 1. The van der Waals surface area contributed by atoms with E-state index < -0.39 is 9.84 Å². The van der Waals surface area contributed by atoms with Crippen LogP contribution < -0.4 is 10.1 Å². The SMILES string of the molecule is CCN(CC(=O)N[C@H]1CCS(=O)(=O)C1)C(=O)CCOc1ccc(Cl)cc1. The molecule has 1 heterocycles. The lowest BCUT2D eigenvalue weighted by molar-refractivity contribution is -0.136. The average molecular weight is 403 g/mol. The molecule has 1 saturated heterocycles. The second-order valence-corrected chi connectivity index (χ2v) is 8.79. The Labute approximate surface area is 158 Å². The molecular formula is C17H23ClN2O5S. The van der Waals surface area contributed by atoms with Crippen LogP contribution in [-0.2, 0) is 19.4 Å². The standard InChI is InChI=1S/C17H23ClN2O5S/c1-2-20(11-16(21)19-14-8-10-26(23,24)12-14)17(22)7-9-25-15-5-3-13(18)4-6-15/h3-6,14H,2,7-12H2,1H3,(H,19,21)/t14-/m0/s1. The van der Waals surface area contributed by atoms with Gasteiger partial charge in [-0.1, -0.05) is 11.6 Å². The smallest absolute Gasteiger partial charge is 0.239 e. The average Bonchev–Trinajstić information content (AvgIpc) is 2.92. The third kappa shape index (κ3) is 6.49. The van der Waals surface area contributed by atoms with Crippen LogP contribution >= 0.6 is 11.6 Å². The van der Waals surface area contributed by atoms with Crippen molar-refractivity contribution in [1.82, 2.24) is 10.2 Å². The molecule has 7 nitrogen and oxygen atoms in total. The predicted octanol–water partition coefficient (Wildman–Crippen LogP) is 1.26. The summed E-state index contributed by atoms with van der Waals surface area (Å²) in [5.41, 5.74) is 0. The molecule has 0 aromatic heterocycles. The van der Waals surface area contributed by atoms with E-state index in [1.54, 1.807) is 31.2 Å². The molecule has 2 rings (SSSR count). The Hall–Kier alpha value is -1.80. The van der Waals surface area contributed by atoms with Crippen molar-refractivity contribution in [3.63, 3.8) is 0 Å². The molecule has 2 amide bonds. The predicted molar refractivity (Wildman–Crippen MR) is 99.0 cm³/mol. The van der Waals surface area contributed by atoms with Crippen LogP contribution in [-0.4, -0.2) is 62.4 Å². The number of ether oxygens (including phenoxy) is 1. The summed E-state index contributed by atoms with van der Waals surface area (Å²) in [6, 6.07) is 6.46. The van der Waals surface area contributed by atoms with Crippen LogP contribution in [0.1, 0.15) is 19.8 Å². The van der Waals surface area contributed by atoms with E-state index in [4.69, 9.17) is 16.3 Å². The fourth-order valence-corrected chi connectivity index (χ4v) is 4.48. The van der Waals surface area contributed by atoms with Gasteiger partial charge in [0.1, 0.15) is 5.75 Å². The van der Waals surface area contributed by atoms with Crippen molar-refractivity contribution in [3.05, 3.63) is 29.3 Å². The normalized spacial score (nSPS) is 18.3. The van der Waals surface area contributed by atoms with E-state index in [1.165, 1.54) is 4.90 Å². The first-order chi connectivity index (χ1) is 12.3. The first-order valence-corrected chi connectivity index (χ1v) is 10.6. The number of benzene rings is 1. The van der Waals surface area contributed by atoms with E-state index >= 15 is 0 Å². The first-order valence-electron chi connectivity index (χ1n) is 8.45. The van der Waals surface area contributed by atoms with Gasteiger partial charge in [0, 0.05) is 17.6 Å². The highest BCUT2D eigenvalue weighted by atomic mass is 35.5. The largest absolute Gasteiger partial charge is 0.493 e. The Kier molecular flexibility index (Phi) is 7.28. The van der Waals surface area contributed by atoms with Crippen LogP contribution in [0.15, 0.2) is 24.3 Å². The van der Waals surface area contributed by atoms with Crippen LogP contribution in [0, 0.1) is 0 Å². The lowest BCUT2D eigenvalue weighted by Gasteiger charge is -2.21. The van der Waals surface area contributed by atoms with Crippen molar-refractivity contribution in [2.24, 2.45) is 0 Å². The molecule has 9 heteroatoms. The zero-order chi connectivity index (χ0) is 19.2. The topological polar surface area (TPSA) is 92.8 Å². The Morgan fingerprint density at radius 2 is 2.00 bits per heavy atom. The zero-order valence-corrected chi connectivity index (χ0v) is 16.2. The van der Waals surface area contributed by atoms with Gasteiger partial charge in [0.15, 0.2) is 9.84 Å². The van der Waals surface area contributed by atoms with Crippen LogP contribution in [0.5, 0.6) is 5.75 Å². The third-order valence-corrected chi connectivity index (χ3v) is 6.08. The van der Waals surface area contributed by atoms with Gasteiger partial charge in [-0.2, -0.15) is 0 Å². The monoisotopic (exact) mass is 402 g/mol. The number of sulfone groups is 1. The van der Waals surface area contributed by atoms with E-state index in [1.807, 2.05) is 0 Å². The molecule has 0 radical (unpaired) electrons. The molecule has 1 aliphatic rings. The molecule has 0 saturated carbocycles. The maximum Gasteiger partial charge on any atom is 0.239 e. The number of likely N-dealkylation sites (N-methyl/N-ethyl adjacent to an activating group) is 1. The van der Waals surface area contributed by atoms with Crippen LogP contribution in [0.2, 0.25) is 5.02 Å². The first kappa shape index (κ1) is 20.5. The fourth-order valence-electron chi connectivity index (χ4n) is 2.68.